The molecule has 0 saturated carbocycles. The Kier molecular flexibility index (Phi) is 9.36. The van der Waals surface area contributed by atoms with Crippen LogP contribution in [0, 0.1) is 10.8 Å². The van der Waals surface area contributed by atoms with Gasteiger partial charge in [0, 0.05) is 24.1 Å². The summed E-state index contributed by atoms with van der Waals surface area (Å²) in [5, 5.41) is 23.4. The minimum atomic E-state index is -0.935. The van der Waals surface area contributed by atoms with Crippen molar-refractivity contribution in [3.63, 3.8) is 0 Å². The zero-order valence-corrected chi connectivity index (χ0v) is 26.5. The number of thiophene rings is 1. The molecule has 2 aromatic carbocycles. The highest BCUT2D eigenvalue weighted by molar-refractivity contribution is 7.12. The fraction of sp³-hybridized carbons (Fsp3) is 0.314. The average Bonchev–Trinajstić information content (AvgIpc) is 3.72. The Hall–Kier alpha value is -4.54. The number of hydrogen-bond donors (Lipinski definition) is 3. The molecule has 0 unspecified atom stereocenters. The summed E-state index contributed by atoms with van der Waals surface area (Å²) in [6.45, 7) is 5.83. The van der Waals surface area contributed by atoms with Crippen molar-refractivity contribution in [3.05, 3.63) is 93.7 Å². The molecule has 2 aliphatic rings. The zero-order chi connectivity index (χ0) is 32.3. The third kappa shape index (κ3) is 6.77. The quantitative estimate of drug-likeness (QED) is 0.176. The van der Waals surface area contributed by atoms with Gasteiger partial charge in [0.1, 0.15) is 24.4 Å². The van der Waals surface area contributed by atoms with Crippen LogP contribution in [0.15, 0.2) is 72.1 Å². The standard InChI is InChI=1S/C35H37N3O6S/c1-35(2,3)31(33(41)38-20-22(39)18-28(38)34(42)43-4)37-32(40)30-21(15-17-45-30)10-6-5-9-16-44-23-13-14-25-24-11-7-8-12-26(24)29(36)27(25)19-23/h5-15,17,19,22,28,31,36,39H,16,18,20H2,1-4H3,(H,37,40)/b9-5+,10-6+,36-29?/t22-,28+,31-/m1/s1. The fourth-order valence-corrected chi connectivity index (χ4v) is 6.43. The molecule has 1 aliphatic carbocycles. The molecule has 3 N–H and O–H groups in total. The van der Waals surface area contributed by atoms with E-state index in [1.807, 2.05) is 99.0 Å². The first-order valence-electron chi connectivity index (χ1n) is 14.7. The van der Waals surface area contributed by atoms with Crippen molar-refractivity contribution in [1.82, 2.24) is 10.2 Å². The van der Waals surface area contributed by atoms with Crippen LogP contribution in [-0.4, -0.2) is 72.0 Å². The first-order chi connectivity index (χ1) is 21.5. The van der Waals surface area contributed by atoms with Gasteiger partial charge in [0.15, 0.2) is 0 Å². The Morgan fingerprint density at radius 2 is 1.82 bits per heavy atom. The molecule has 1 aliphatic heterocycles. The van der Waals surface area contributed by atoms with Crippen LogP contribution in [0.3, 0.4) is 0 Å². The minimum absolute atomic E-state index is 0.00542. The molecule has 0 bridgehead atoms. The fourth-order valence-electron chi connectivity index (χ4n) is 5.64. The summed E-state index contributed by atoms with van der Waals surface area (Å²) in [7, 11) is 1.24. The van der Waals surface area contributed by atoms with Gasteiger partial charge in [0.25, 0.3) is 5.91 Å². The second-order valence-electron chi connectivity index (χ2n) is 12.1. The van der Waals surface area contributed by atoms with E-state index in [-0.39, 0.29) is 13.0 Å². The predicted octanol–water partition coefficient (Wildman–Crippen LogP) is 5.07. The molecule has 45 heavy (non-hydrogen) atoms. The number of β-amino-alcohol motifs (C(OH)–C–C–N with tert-alkyl or cyclic N) is 1. The van der Waals surface area contributed by atoms with E-state index in [0.29, 0.717) is 28.5 Å². The SMILES string of the molecule is COC(=O)[C@@H]1C[C@@H](O)CN1C(=O)[C@@H](NC(=O)c1sccc1/C=C/C=C/COc1ccc2c(c1)C(=N)c1ccccc1-2)C(C)(C)C. The number of carbonyl (C=O) groups excluding carboxylic acids is 3. The summed E-state index contributed by atoms with van der Waals surface area (Å²) in [5.41, 5.74) is 4.42. The number of likely N-dealkylation sites (tertiary alicyclic amines) is 1. The van der Waals surface area contributed by atoms with Gasteiger partial charge in [0.2, 0.25) is 5.91 Å². The van der Waals surface area contributed by atoms with Gasteiger partial charge in [-0.1, -0.05) is 63.3 Å². The van der Waals surface area contributed by atoms with Crippen molar-refractivity contribution in [1.29, 1.82) is 5.41 Å². The summed E-state index contributed by atoms with van der Waals surface area (Å²) in [5.74, 6) is -0.754. The van der Waals surface area contributed by atoms with Crippen LogP contribution in [0.4, 0.5) is 0 Å². The van der Waals surface area contributed by atoms with Crippen LogP contribution in [-0.2, 0) is 14.3 Å². The summed E-state index contributed by atoms with van der Waals surface area (Å²) >= 11 is 1.27. The molecule has 0 radical (unpaired) electrons. The van der Waals surface area contributed by atoms with Gasteiger partial charge in [-0.15, -0.1) is 11.3 Å². The first kappa shape index (κ1) is 31.9. The van der Waals surface area contributed by atoms with Gasteiger partial charge in [-0.25, -0.2) is 4.79 Å². The van der Waals surface area contributed by atoms with Gasteiger partial charge < -0.3 is 24.8 Å². The lowest BCUT2D eigenvalue weighted by Gasteiger charge is -2.35. The number of fused-ring (bicyclic) bond motifs is 3. The molecule has 5 rings (SSSR count). The van der Waals surface area contributed by atoms with Crippen molar-refractivity contribution in [2.45, 2.75) is 45.4 Å². The second-order valence-corrected chi connectivity index (χ2v) is 13.0. The summed E-state index contributed by atoms with van der Waals surface area (Å²) < 4.78 is 10.7. The Labute approximate surface area is 266 Å². The number of methoxy groups -OCH3 is 1. The molecule has 234 valence electrons. The maximum Gasteiger partial charge on any atom is 0.328 e. The maximum absolute atomic E-state index is 13.6. The molecule has 2 heterocycles. The number of hydrogen-bond acceptors (Lipinski definition) is 8. The smallest absolute Gasteiger partial charge is 0.328 e. The average molecular weight is 628 g/mol. The highest BCUT2D eigenvalue weighted by Gasteiger charge is 2.45. The number of ether oxygens (including phenoxy) is 2. The third-order valence-corrected chi connectivity index (χ3v) is 8.87. The molecule has 1 aromatic heterocycles. The van der Waals surface area contributed by atoms with Crippen LogP contribution in [0.5, 0.6) is 5.75 Å². The van der Waals surface area contributed by atoms with Gasteiger partial charge in [-0.05, 0) is 57.8 Å². The second kappa shape index (κ2) is 13.2. The molecule has 1 fully saturated rings. The largest absolute Gasteiger partial charge is 0.490 e. The number of benzene rings is 2. The number of esters is 1. The number of allylic oxidation sites excluding steroid dienone is 2. The molecule has 0 spiro atoms. The van der Waals surface area contributed by atoms with Crippen LogP contribution in [0.1, 0.15) is 53.6 Å². The normalized spacial score (nSPS) is 18.2. The van der Waals surface area contributed by atoms with E-state index >= 15 is 0 Å². The zero-order valence-electron chi connectivity index (χ0n) is 25.7. The monoisotopic (exact) mass is 627 g/mol. The van der Waals surface area contributed by atoms with Crippen LogP contribution >= 0.6 is 11.3 Å². The Bertz CT molecular complexity index is 1680. The lowest BCUT2D eigenvalue weighted by molar-refractivity contribution is -0.152. The van der Waals surface area contributed by atoms with Gasteiger partial charge in [-0.3, -0.25) is 15.0 Å². The molecule has 3 atom stereocenters. The minimum Gasteiger partial charge on any atom is -0.490 e. The lowest BCUT2D eigenvalue weighted by atomic mass is 9.85. The van der Waals surface area contributed by atoms with Gasteiger partial charge >= 0.3 is 5.97 Å². The highest BCUT2D eigenvalue weighted by atomic mass is 32.1. The summed E-state index contributed by atoms with van der Waals surface area (Å²) in [4.78, 5) is 41.1. The number of rotatable bonds is 9. The molecule has 2 amide bonds. The van der Waals surface area contributed by atoms with Crippen molar-refractivity contribution in [2.75, 3.05) is 20.3 Å². The highest BCUT2D eigenvalue weighted by Crippen LogP contribution is 2.38. The lowest BCUT2D eigenvalue weighted by Crippen LogP contribution is -2.56. The maximum atomic E-state index is 13.6. The van der Waals surface area contributed by atoms with E-state index in [1.54, 1.807) is 0 Å². The topological polar surface area (TPSA) is 129 Å². The molecule has 3 aromatic rings. The number of amides is 2. The third-order valence-electron chi connectivity index (χ3n) is 7.94. The Morgan fingerprint density at radius 1 is 1.09 bits per heavy atom. The molecular formula is C35H37N3O6S. The Balaban J connectivity index is 1.20. The number of nitrogens with zero attached hydrogens (tertiary/aromatic N) is 1. The van der Waals surface area contributed by atoms with Crippen LogP contribution in [0.25, 0.3) is 17.2 Å². The van der Waals surface area contributed by atoms with Crippen molar-refractivity contribution < 1.29 is 29.0 Å². The van der Waals surface area contributed by atoms with E-state index in [9.17, 15) is 19.5 Å². The number of carbonyl (C=O) groups is 3. The van der Waals surface area contributed by atoms with E-state index in [4.69, 9.17) is 14.9 Å². The van der Waals surface area contributed by atoms with E-state index < -0.39 is 41.4 Å². The number of aliphatic hydroxyl groups excluding tert-OH is 1. The summed E-state index contributed by atoms with van der Waals surface area (Å²) in [6.07, 6.45) is 6.56. The van der Waals surface area contributed by atoms with Crippen molar-refractivity contribution >= 4 is 40.9 Å². The van der Waals surface area contributed by atoms with Crippen molar-refractivity contribution in [2.24, 2.45) is 5.41 Å². The van der Waals surface area contributed by atoms with Gasteiger partial charge in [0.05, 0.1) is 23.8 Å². The van der Waals surface area contributed by atoms with Crippen molar-refractivity contribution in [3.8, 4) is 16.9 Å². The molecule has 9 nitrogen and oxygen atoms in total. The Morgan fingerprint density at radius 3 is 2.56 bits per heavy atom. The van der Waals surface area contributed by atoms with Crippen LogP contribution < -0.4 is 10.1 Å². The number of nitrogens with one attached hydrogen (secondary N) is 2. The summed E-state index contributed by atoms with van der Waals surface area (Å²) in [6, 6.07) is 13.7. The number of aliphatic hydroxyl groups is 1. The van der Waals surface area contributed by atoms with E-state index in [1.165, 1.54) is 23.3 Å². The van der Waals surface area contributed by atoms with E-state index in [0.717, 1.165) is 22.3 Å². The molecule has 10 heteroatoms. The first-order valence-corrected chi connectivity index (χ1v) is 15.6. The van der Waals surface area contributed by atoms with Crippen LogP contribution in [0.2, 0.25) is 0 Å². The van der Waals surface area contributed by atoms with Gasteiger partial charge in [-0.2, -0.15) is 0 Å². The predicted molar refractivity (Wildman–Crippen MR) is 175 cm³/mol. The van der Waals surface area contributed by atoms with E-state index in [2.05, 4.69) is 5.32 Å². The molecular weight excluding hydrogens is 590 g/mol. The molecule has 1 saturated heterocycles.